The van der Waals surface area contributed by atoms with E-state index in [2.05, 4.69) is 0 Å². The van der Waals surface area contributed by atoms with Crippen molar-refractivity contribution in [1.82, 2.24) is 4.57 Å². The Hall–Kier alpha value is -0.433. The molecule has 0 aliphatic rings. The van der Waals surface area contributed by atoms with Crippen LogP contribution in [0.3, 0.4) is 0 Å². The van der Waals surface area contributed by atoms with Crippen LogP contribution in [0.15, 0.2) is 0 Å². The number of amides is 1. The largest absolute Gasteiger partial charge is 0.635 e. The van der Waals surface area contributed by atoms with Gasteiger partial charge in [-0.2, -0.15) is 0 Å². The lowest BCUT2D eigenvalue weighted by Gasteiger charge is -2.34. The normalized spacial score (nSPS) is 11.5. The van der Waals surface area contributed by atoms with Gasteiger partial charge in [-0.05, 0) is 27.7 Å². The number of hydrogen-bond acceptors (Lipinski definition) is 4. The Morgan fingerprint density at radius 1 is 1.00 bits per heavy atom. The number of rotatable bonds is 9. The predicted molar refractivity (Wildman–Crippen MR) is 59.1 cm³/mol. The summed E-state index contributed by atoms with van der Waals surface area (Å²) in [6.07, 6.45) is 0.729. The number of carbonyl (C=O) groups excluding carboxylic acids is 1. The van der Waals surface area contributed by atoms with Gasteiger partial charge in [0.1, 0.15) is 0 Å². The highest BCUT2D eigenvalue weighted by molar-refractivity contribution is 6.59. The van der Waals surface area contributed by atoms with Gasteiger partial charge >= 0.3 is 8.97 Å². The summed E-state index contributed by atoms with van der Waals surface area (Å²) in [5.74, 6) is 0. The van der Waals surface area contributed by atoms with Crippen molar-refractivity contribution >= 4 is 15.4 Å². The minimum Gasteiger partial charge on any atom is -0.357 e. The second kappa shape index (κ2) is 7.81. The van der Waals surface area contributed by atoms with Crippen LogP contribution in [0.2, 0.25) is 0 Å². The number of carbonyl (C=O) groups is 1. The van der Waals surface area contributed by atoms with E-state index in [1.54, 1.807) is 0 Å². The molecule has 0 heterocycles. The first kappa shape index (κ1) is 14.6. The van der Waals surface area contributed by atoms with Crippen LogP contribution >= 0.6 is 0 Å². The smallest absolute Gasteiger partial charge is 0.357 e. The Morgan fingerprint density at radius 3 is 1.60 bits per heavy atom. The molecule has 5 nitrogen and oxygen atoms in total. The zero-order chi connectivity index (χ0) is 11.7. The van der Waals surface area contributed by atoms with E-state index in [1.807, 2.05) is 27.7 Å². The van der Waals surface area contributed by atoms with Crippen LogP contribution in [-0.2, 0) is 18.1 Å². The molecule has 0 radical (unpaired) electrons. The summed E-state index contributed by atoms with van der Waals surface area (Å²) < 4.78 is 18.1. The van der Waals surface area contributed by atoms with Crippen molar-refractivity contribution in [3.8, 4) is 0 Å². The van der Waals surface area contributed by atoms with Gasteiger partial charge in [0.15, 0.2) is 0 Å². The van der Waals surface area contributed by atoms with Crippen molar-refractivity contribution in [3.05, 3.63) is 0 Å². The lowest BCUT2D eigenvalue weighted by atomic mass is 10.8. The molecule has 0 saturated heterocycles. The van der Waals surface area contributed by atoms with E-state index in [4.69, 9.17) is 13.3 Å². The monoisotopic (exact) mass is 235 g/mol. The molecule has 0 atom stereocenters. The Morgan fingerprint density at radius 2 is 1.40 bits per heavy atom. The van der Waals surface area contributed by atoms with E-state index < -0.39 is 8.97 Å². The van der Waals surface area contributed by atoms with Crippen molar-refractivity contribution in [1.29, 1.82) is 0 Å². The predicted octanol–water partition coefficient (Wildman–Crippen LogP) is 1.01. The first-order valence-electron chi connectivity index (χ1n) is 5.34. The van der Waals surface area contributed by atoms with E-state index in [-0.39, 0.29) is 0 Å². The molecule has 0 aromatic rings. The molecule has 0 unspecified atom stereocenters. The number of nitrogens with zero attached hydrogens (tertiary/aromatic N) is 1. The fourth-order valence-electron chi connectivity index (χ4n) is 1.25. The summed E-state index contributed by atoms with van der Waals surface area (Å²) in [5, 5.41) is 0. The van der Waals surface area contributed by atoms with Gasteiger partial charge in [0, 0.05) is 26.4 Å². The van der Waals surface area contributed by atoms with Gasteiger partial charge in [0.2, 0.25) is 6.41 Å². The number of hydrogen-bond donors (Lipinski definition) is 0. The maximum Gasteiger partial charge on any atom is 0.635 e. The summed E-state index contributed by atoms with van der Waals surface area (Å²) >= 11 is 0. The fourth-order valence-corrected chi connectivity index (χ4v) is 3.61. The van der Waals surface area contributed by atoms with Crippen LogP contribution in [0.1, 0.15) is 27.7 Å². The van der Waals surface area contributed by atoms with Crippen molar-refractivity contribution < 1.29 is 18.1 Å². The molecule has 90 valence electrons. The second-order valence-electron chi connectivity index (χ2n) is 2.71. The average Bonchev–Trinajstić information content (AvgIpc) is 2.20. The molecule has 0 aliphatic heterocycles. The molecule has 0 bridgehead atoms. The summed E-state index contributed by atoms with van der Waals surface area (Å²) in [6, 6.07) is 0. The zero-order valence-electron chi connectivity index (χ0n) is 9.99. The molecule has 0 aromatic heterocycles. The van der Waals surface area contributed by atoms with Crippen LogP contribution in [0.4, 0.5) is 0 Å². The maximum atomic E-state index is 10.9. The Labute approximate surface area is 92.8 Å². The summed E-state index contributed by atoms with van der Waals surface area (Å²) in [4.78, 5) is 10.9. The average molecular weight is 235 g/mol. The molecule has 0 saturated carbocycles. The minimum atomic E-state index is -2.96. The van der Waals surface area contributed by atoms with Crippen LogP contribution in [0, 0.1) is 0 Å². The molecule has 0 fully saturated rings. The first-order valence-corrected chi connectivity index (χ1v) is 7.01. The first-order chi connectivity index (χ1) is 7.20. The zero-order valence-corrected chi connectivity index (χ0v) is 11.0. The third-order valence-electron chi connectivity index (χ3n) is 1.80. The molecule has 6 heteroatoms. The standard InChI is InChI=1S/C9H21NO4Si/c1-5-10(9-11)15(12-6-2,13-7-3)14-8-4/h9H,5-8H2,1-4H3. The summed E-state index contributed by atoms with van der Waals surface area (Å²) in [7, 11) is -2.96. The quantitative estimate of drug-likeness (QED) is 0.442. The van der Waals surface area contributed by atoms with E-state index in [0.29, 0.717) is 26.4 Å². The highest BCUT2D eigenvalue weighted by Crippen LogP contribution is 2.14. The van der Waals surface area contributed by atoms with Gasteiger partial charge in [0.05, 0.1) is 0 Å². The molecular weight excluding hydrogens is 214 g/mol. The Balaban J connectivity index is 4.79. The van der Waals surface area contributed by atoms with E-state index in [9.17, 15) is 4.79 Å². The maximum absolute atomic E-state index is 10.9. The third-order valence-corrected chi connectivity index (χ3v) is 4.89. The second-order valence-corrected chi connectivity index (χ2v) is 5.20. The van der Waals surface area contributed by atoms with Crippen LogP contribution in [0.5, 0.6) is 0 Å². The van der Waals surface area contributed by atoms with Gasteiger partial charge in [-0.3, -0.25) is 4.79 Å². The molecule has 1 amide bonds. The van der Waals surface area contributed by atoms with Gasteiger partial charge in [0.25, 0.3) is 0 Å². The third kappa shape index (κ3) is 3.90. The highest BCUT2D eigenvalue weighted by Gasteiger charge is 2.48. The van der Waals surface area contributed by atoms with Crippen LogP contribution in [-0.4, -0.2) is 46.3 Å². The Bertz CT molecular complexity index is 162. The van der Waals surface area contributed by atoms with E-state index in [1.165, 1.54) is 4.57 Å². The molecule has 0 N–H and O–H groups in total. The van der Waals surface area contributed by atoms with Crippen LogP contribution < -0.4 is 0 Å². The summed E-state index contributed by atoms with van der Waals surface area (Å²) in [5.41, 5.74) is 0. The van der Waals surface area contributed by atoms with Gasteiger partial charge in [-0.1, -0.05) is 0 Å². The molecule has 0 rings (SSSR count). The van der Waals surface area contributed by atoms with Gasteiger partial charge in [-0.15, -0.1) is 0 Å². The lowest BCUT2D eigenvalue weighted by molar-refractivity contribution is -0.118. The van der Waals surface area contributed by atoms with Crippen molar-refractivity contribution in [2.24, 2.45) is 0 Å². The molecule has 15 heavy (non-hydrogen) atoms. The molecule has 0 spiro atoms. The summed E-state index contributed by atoms with van der Waals surface area (Å²) in [6.45, 7) is 9.38. The minimum absolute atomic E-state index is 0.469. The topological polar surface area (TPSA) is 48.0 Å². The Kier molecular flexibility index (Phi) is 7.58. The lowest BCUT2D eigenvalue weighted by Crippen LogP contribution is -2.60. The van der Waals surface area contributed by atoms with Crippen molar-refractivity contribution in [3.63, 3.8) is 0 Å². The molecule has 0 aliphatic carbocycles. The molecule has 0 aromatic carbocycles. The SMILES string of the molecule is CCO[Si](OCC)(OCC)N(C=O)CC. The van der Waals surface area contributed by atoms with Gasteiger partial charge < -0.3 is 17.8 Å². The van der Waals surface area contributed by atoms with Gasteiger partial charge in [-0.25, -0.2) is 0 Å². The van der Waals surface area contributed by atoms with E-state index in [0.717, 1.165) is 6.41 Å². The molecular formula is C9H21NO4Si. The fraction of sp³-hybridized carbons (Fsp3) is 0.889. The highest BCUT2D eigenvalue weighted by atomic mass is 28.4. The van der Waals surface area contributed by atoms with Crippen LogP contribution in [0.25, 0.3) is 0 Å². The van der Waals surface area contributed by atoms with Crippen molar-refractivity contribution in [2.45, 2.75) is 27.7 Å². The van der Waals surface area contributed by atoms with E-state index >= 15 is 0 Å². The van der Waals surface area contributed by atoms with Crippen molar-refractivity contribution in [2.75, 3.05) is 26.4 Å².